The van der Waals surface area contributed by atoms with Crippen LogP contribution in [0, 0.1) is 6.92 Å². The van der Waals surface area contributed by atoms with Crippen LogP contribution in [0.2, 0.25) is 0 Å². The number of benzene rings is 2. The molecule has 20 heavy (non-hydrogen) atoms. The van der Waals surface area contributed by atoms with Gasteiger partial charge in [0.2, 0.25) is 0 Å². The zero-order valence-corrected chi connectivity index (χ0v) is 12.0. The third-order valence-electron chi connectivity index (χ3n) is 3.15. The van der Waals surface area contributed by atoms with Crippen LogP contribution < -0.4 is 0 Å². The molecule has 0 amide bonds. The standard InChI is InChI=1S/C16H16O3S/c1-12-7-5-6-10-14(12)11-20(19)15(16(17)18)13-8-3-2-4-9-13/h2-10,15H,11H2,1H3,(H,17,18). The summed E-state index contributed by atoms with van der Waals surface area (Å²) in [5, 5.41) is 8.36. The van der Waals surface area contributed by atoms with E-state index in [4.69, 9.17) is 0 Å². The van der Waals surface area contributed by atoms with E-state index in [-0.39, 0.29) is 5.75 Å². The van der Waals surface area contributed by atoms with E-state index in [1.54, 1.807) is 24.3 Å². The van der Waals surface area contributed by atoms with Gasteiger partial charge in [0.25, 0.3) is 0 Å². The van der Waals surface area contributed by atoms with Gasteiger partial charge in [0.1, 0.15) is 0 Å². The van der Waals surface area contributed by atoms with E-state index in [1.807, 2.05) is 37.3 Å². The summed E-state index contributed by atoms with van der Waals surface area (Å²) in [5.74, 6) is -0.804. The van der Waals surface area contributed by atoms with Gasteiger partial charge < -0.3 is 5.11 Å². The summed E-state index contributed by atoms with van der Waals surface area (Å²) in [6, 6.07) is 16.3. The Kier molecular flexibility index (Phi) is 4.69. The molecule has 0 radical (unpaired) electrons. The Bertz CT molecular complexity index is 623. The van der Waals surface area contributed by atoms with Crippen molar-refractivity contribution < 1.29 is 14.1 Å². The number of carboxylic acids is 1. The smallest absolute Gasteiger partial charge is 0.323 e. The van der Waals surface area contributed by atoms with Crippen LogP contribution in [0.1, 0.15) is 21.9 Å². The average Bonchev–Trinajstić information content (AvgIpc) is 2.42. The minimum absolute atomic E-state index is 0.249. The average molecular weight is 288 g/mol. The Morgan fingerprint density at radius 1 is 1.10 bits per heavy atom. The monoisotopic (exact) mass is 288 g/mol. The molecule has 2 unspecified atom stereocenters. The summed E-state index contributed by atoms with van der Waals surface area (Å²) < 4.78 is 12.4. The van der Waals surface area contributed by atoms with Gasteiger partial charge in [-0.2, -0.15) is 0 Å². The van der Waals surface area contributed by atoms with Crippen LogP contribution in [-0.2, 0) is 21.3 Å². The van der Waals surface area contributed by atoms with Crippen molar-refractivity contribution in [2.75, 3.05) is 0 Å². The summed E-state index contributed by atoms with van der Waals surface area (Å²) in [6.45, 7) is 1.94. The van der Waals surface area contributed by atoms with E-state index in [9.17, 15) is 14.1 Å². The van der Waals surface area contributed by atoms with Crippen molar-refractivity contribution in [1.29, 1.82) is 0 Å². The Labute approximate surface area is 120 Å². The third-order valence-corrected chi connectivity index (χ3v) is 4.74. The first-order valence-electron chi connectivity index (χ1n) is 6.29. The van der Waals surface area contributed by atoms with E-state index in [1.165, 1.54) is 0 Å². The minimum Gasteiger partial charge on any atom is -0.480 e. The van der Waals surface area contributed by atoms with Gasteiger partial charge in [-0.15, -0.1) is 0 Å². The molecule has 2 rings (SSSR count). The molecule has 0 saturated heterocycles. The van der Waals surface area contributed by atoms with Crippen molar-refractivity contribution in [3.63, 3.8) is 0 Å². The third kappa shape index (κ3) is 3.33. The largest absolute Gasteiger partial charge is 0.480 e. The molecular weight excluding hydrogens is 272 g/mol. The number of carboxylic acid groups (broad SMARTS) is 1. The molecule has 0 heterocycles. The predicted molar refractivity (Wildman–Crippen MR) is 79.8 cm³/mol. The van der Waals surface area contributed by atoms with Crippen molar-refractivity contribution >= 4 is 16.8 Å². The summed E-state index contributed by atoms with van der Waals surface area (Å²) in [4.78, 5) is 11.4. The van der Waals surface area contributed by atoms with Crippen LogP contribution in [-0.4, -0.2) is 15.3 Å². The number of rotatable bonds is 5. The number of hydrogen-bond donors (Lipinski definition) is 1. The first kappa shape index (κ1) is 14.5. The molecule has 104 valence electrons. The maximum Gasteiger partial charge on any atom is 0.323 e. The van der Waals surface area contributed by atoms with Crippen molar-refractivity contribution in [2.45, 2.75) is 17.9 Å². The molecular formula is C16H16O3S. The fraction of sp³-hybridized carbons (Fsp3) is 0.188. The molecule has 4 heteroatoms. The molecule has 0 bridgehead atoms. The molecule has 2 atom stereocenters. The van der Waals surface area contributed by atoms with Crippen LogP contribution in [0.15, 0.2) is 54.6 Å². The Balaban J connectivity index is 2.25. The van der Waals surface area contributed by atoms with Gasteiger partial charge in [-0.3, -0.25) is 9.00 Å². The van der Waals surface area contributed by atoms with Gasteiger partial charge in [0.05, 0.1) is 5.75 Å². The first-order chi connectivity index (χ1) is 9.59. The zero-order chi connectivity index (χ0) is 14.5. The summed E-state index contributed by atoms with van der Waals surface area (Å²) >= 11 is 0. The van der Waals surface area contributed by atoms with E-state index in [0.29, 0.717) is 5.56 Å². The zero-order valence-electron chi connectivity index (χ0n) is 11.2. The highest BCUT2D eigenvalue weighted by Gasteiger charge is 2.26. The minimum atomic E-state index is -1.50. The molecule has 0 fully saturated rings. The fourth-order valence-corrected chi connectivity index (χ4v) is 3.53. The van der Waals surface area contributed by atoms with Gasteiger partial charge in [0.15, 0.2) is 5.25 Å². The fourth-order valence-electron chi connectivity index (χ4n) is 2.04. The lowest BCUT2D eigenvalue weighted by Crippen LogP contribution is -2.18. The second kappa shape index (κ2) is 6.48. The molecule has 1 N–H and O–H groups in total. The highest BCUT2D eigenvalue weighted by molar-refractivity contribution is 7.85. The van der Waals surface area contributed by atoms with Crippen molar-refractivity contribution in [3.05, 3.63) is 71.3 Å². The van der Waals surface area contributed by atoms with E-state index in [2.05, 4.69) is 0 Å². The number of carbonyl (C=O) groups is 1. The summed E-state index contributed by atoms with van der Waals surface area (Å²) in [5.41, 5.74) is 2.53. The quantitative estimate of drug-likeness (QED) is 0.920. The number of hydrogen-bond acceptors (Lipinski definition) is 2. The normalized spacial score (nSPS) is 13.7. The van der Waals surface area contributed by atoms with Crippen LogP contribution >= 0.6 is 0 Å². The van der Waals surface area contributed by atoms with Crippen LogP contribution in [0.25, 0.3) is 0 Å². The summed E-state index contributed by atoms with van der Waals surface area (Å²) in [7, 11) is -1.50. The number of aliphatic carboxylic acids is 1. The summed E-state index contributed by atoms with van der Waals surface area (Å²) in [6.07, 6.45) is 0. The molecule has 0 aliphatic heterocycles. The van der Waals surface area contributed by atoms with E-state index < -0.39 is 22.0 Å². The SMILES string of the molecule is Cc1ccccc1CS(=O)C(C(=O)O)c1ccccc1. The highest BCUT2D eigenvalue weighted by atomic mass is 32.2. The second-order valence-electron chi connectivity index (χ2n) is 4.58. The van der Waals surface area contributed by atoms with Gasteiger partial charge in [-0.05, 0) is 23.6 Å². The molecule has 0 saturated carbocycles. The maximum absolute atomic E-state index is 12.4. The lowest BCUT2D eigenvalue weighted by molar-refractivity contribution is -0.136. The molecule has 0 aliphatic rings. The van der Waals surface area contributed by atoms with Crippen molar-refractivity contribution in [2.24, 2.45) is 0 Å². The lowest BCUT2D eigenvalue weighted by Gasteiger charge is -2.13. The van der Waals surface area contributed by atoms with Crippen LogP contribution in [0.3, 0.4) is 0 Å². The molecule has 2 aromatic rings. The highest BCUT2D eigenvalue weighted by Crippen LogP contribution is 2.23. The first-order valence-corrected chi connectivity index (χ1v) is 7.67. The van der Waals surface area contributed by atoms with Gasteiger partial charge in [-0.25, -0.2) is 0 Å². The molecule has 0 aromatic heterocycles. The lowest BCUT2D eigenvalue weighted by atomic mass is 10.1. The van der Waals surface area contributed by atoms with E-state index in [0.717, 1.165) is 11.1 Å². The van der Waals surface area contributed by atoms with Gasteiger partial charge in [0, 0.05) is 10.8 Å². The number of aryl methyl sites for hydroxylation is 1. The van der Waals surface area contributed by atoms with Crippen molar-refractivity contribution in [3.8, 4) is 0 Å². The van der Waals surface area contributed by atoms with Gasteiger partial charge >= 0.3 is 5.97 Å². The molecule has 3 nitrogen and oxygen atoms in total. The molecule has 0 aliphatic carbocycles. The van der Waals surface area contributed by atoms with Crippen LogP contribution in [0.4, 0.5) is 0 Å². The van der Waals surface area contributed by atoms with E-state index >= 15 is 0 Å². The Hall–Kier alpha value is -1.94. The maximum atomic E-state index is 12.4. The predicted octanol–water partition coefficient (Wildman–Crippen LogP) is 3.07. The van der Waals surface area contributed by atoms with Gasteiger partial charge in [-0.1, -0.05) is 54.6 Å². The second-order valence-corrected chi connectivity index (χ2v) is 6.10. The van der Waals surface area contributed by atoms with Crippen LogP contribution in [0.5, 0.6) is 0 Å². The molecule has 2 aromatic carbocycles. The Morgan fingerprint density at radius 3 is 2.30 bits per heavy atom. The molecule has 0 spiro atoms. The Morgan fingerprint density at radius 2 is 1.70 bits per heavy atom. The topological polar surface area (TPSA) is 54.4 Å². The van der Waals surface area contributed by atoms with Crippen molar-refractivity contribution in [1.82, 2.24) is 0 Å².